The lowest BCUT2D eigenvalue weighted by atomic mass is 9.66. The van der Waals surface area contributed by atoms with E-state index >= 15 is 0 Å². The fraction of sp³-hybridized carbons (Fsp3) is 0.524. The lowest BCUT2D eigenvalue weighted by Gasteiger charge is -2.51. The topological polar surface area (TPSA) is 76.8 Å². The summed E-state index contributed by atoms with van der Waals surface area (Å²) in [6.07, 6.45) is 1.08. The maximum atomic E-state index is 12.8. The molecule has 11 heteroatoms. The number of nitrogens with zero attached hydrogens (tertiary/aromatic N) is 4. The van der Waals surface area contributed by atoms with E-state index in [1.54, 1.807) is 24.3 Å². The summed E-state index contributed by atoms with van der Waals surface area (Å²) < 4.78 is 74.2. The summed E-state index contributed by atoms with van der Waals surface area (Å²) >= 11 is 0. The number of benzene rings is 1. The molecule has 3 heterocycles. The third-order valence-electron chi connectivity index (χ3n) is 6.57. The Hall–Kier alpha value is -2.56. The van der Waals surface area contributed by atoms with Gasteiger partial charge in [0.05, 0.1) is 28.6 Å². The van der Waals surface area contributed by atoms with Crippen LogP contribution in [0.5, 0.6) is 5.75 Å². The van der Waals surface area contributed by atoms with Gasteiger partial charge in [-0.15, -0.1) is 4.40 Å². The number of aromatic nitrogens is 2. The lowest BCUT2D eigenvalue weighted by Crippen LogP contribution is -2.59. The Morgan fingerprint density at radius 3 is 2.72 bits per heavy atom. The minimum absolute atomic E-state index is 0.0467. The minimum atomic E-state index is -4.44. The molecule has 2 atom stereocenters. The van der Waals surface area contributed by atoms with E-state index in [0.717, 1.165) is 49.3 Å². The smallest absolute Gasteiger partial charge is 0.419 e. The number of ether oxygens (including phenoxy) is 1. The Labute approximate surface area is 183 Å². The number of alkyl halides is 3. The van der Waals surface area contributed by atoms with Crippen molar-refractivity contribution in [3.05, 3.63) is 42.2 Å². The number of rotatable bonds is 4. The van der Waals surface area contributed by atoms with Crippen LogP contribution in [-0.2, 0) is 16.2 Å². The second-order valence-electron chi connectivity index (χ2n) is 8.84. The summed E-state index contributed by atoms with van der Waals surface area (Å²) in [6, 6.07) is 6.64. The van der Waals surface area contributed by atoms with Crippen LogP contribution in [0.3, 0.4) is 0 Å². The number of piperidine rings is 1. The highest BCUT2D eigenvalue weighted by Gasteiger charge is 2.50. The van der Waals surface area contributed by atoms with E-state index in [4.69, 9.17) is 4.74 Å². The molecule has 7 nitrogen and oxygen atoms in total. The van der Waals surface area contributed by atoms with Gasteiger partial charge in [0.25, 0.3) is 10.0 Å². The number of hydrogen-bond acceptors (Lipinski definition) is 5. The molecule has 172 valence electrons. The summed E-state index contributed by atoms with van der Waals surface area (Å²) in [4.78, 5) is 2.11. The van der Waals surface area contributed by atoms with Crippen molar-refractivity contribution < 1.29 is 26.3 Å². The number of fused-ring (bicyclic) bond motifs is 4. The van der Waals surface area contributed by atoms with Crippen LogP contribution in [0.25, 0.3) is 5.69 Å². The number of halogens is 3. The molecule has 0 N–H and O–H groups in total. The summed E-state index contributed by atoms with van der Waals surface area (Å²) in [5, 5.41) is 3.78. The van der Waals surface area contributed by atoms with Gasteiger partial charge in [0.1, 0.15) is 18.2 Å². The van der Waals surface area contributed by atoms with Crippen molar-refractivity contribution in [1.29, 1.82) is 0 Å². The fourth-order valence-electron chi connectivity index (χ4n) is 5.06. The monoisotopic (exact) mass is 468 g/mol. The van der Waals surface area contributed by atoms with E-state index in [1.807, 2.05) is 0 Å². The lowest BCUT2D eigenvalue weighted by molar-refractivity contribution is -0.137. The number of amidine groups is 1. The molecule has 0 amide bonds. The van der Waals surface area contributed by atoms with E-state index < -0.39 is 27.2 Å². The van der Waals surface area contributed by atoms with Crippen molar-refractivity contribution in [3.63, 3.8) is 0 Å². The van der Waals surface area contributed by atoms with E-state index in [0.29, 0.717) is 36.3 Å². The van der Waals surface area contributed by atoms with Gasteiger partial charge < -0.3 is 9.64 Å². The first-order valence-corrected chi connectivity index (χ1v) is 12.2. The highest BCUT2D eigenvalue weighted by molar-refractivity contribution is 7.90. The molecular formula is C21H23F3N4O3S. The van der Waals surface area contributed by atoms with Crippen molar-refractivity contribution in [1.82, 2.24) is 14.7 Å². The van der Waals surface area contributed by atoms with Gasteiger partial charge in [0, 0.05) is 19.3 Å². The second-order valence-corrected chi connectivity index (χ2v) is 10.6. The second kappa shape index (κ2) is 7.50. The predicted molar refractivity (Wildman–Crippen MR) is 111 cm³/mol. The molecule has 1 aromatic carbocycles. The Bertz CT molecular complexity index is 1140. The molecular weight excluding hydrogens is 445 g/mol. The van der Waals surface area contributed by atoms with Crippen molar-refractivity contribution in [2.45, 2.75) is 31.9 Å². The van der Waals surface area contributed by atoms with Crippen LogP contribution in [0.15, 0.2) is 41.1 Å². The van der Waals surface area contributed by atoms with Gasteiger partial charge in [0.15, 0.2) is 0 Å². The van der Waals surface area contributed by atoms with E-state index in [2.05, 4.69) is 14.4 Å². The van der Waals surface area contributed by atoms with Crippen LogP contribution < -0.4 is 4.74 Å². The number of hydrogen-bond donors (Lipinski definition) is 0. The van der Waals surface area contributed by atoms with Crippen molar-refractivity contribution in [2.24, 2.45) is 15.7 Å². The Morgan fingerprint density at radius 1 is 1.22 bits per heavy atom. The maximum Gasteiger partial charge on any atom is 0.419 e. The zero-order valence-electron chi connectivity index (χ0n) is 17.3. The zero-order chi connectivity index (χ0) is 22.6. The summed E-state index contributed by atoms with van der Waals surface area (Å²) in [5.41, 5.74) is -0.763. The van der Waals surface area contributed by atoms with Gasteiger partial charge in [-0.2, -0.15) is 18.3 Å². The molecule has 32 heavy (non-hydrogen) atoms. The molecule has 1 aliphatic carbocycles. The zero-order valence-corrected chi connectivity index (χ0v) is 18.1. The normalized spacial score (nSPS) is 26.9. The molecule has 1 saturated heterocycles. The van der Waals surface area contributed by atoms with Crippen molar-refractivity contribution >= 4 is 15.9 Å². The SMILES string of the molecule is O=S1(=O)CCN2CC3CCCC(COc4ccc(-n5cc(C(F)(F)F)cn5)cc4)(C3)C2=N1. The largest absolute Gasteiger partial charge is 0.493 e. The van der Waals surface area contributed by atoms with Crippen LogP contribution in [0.1, 0.15) is 31.2 Å². The molecule has 0 spiro atoms. The molecule has 1 aromatic heterocycles. The van der Waals surface area contributed by atoms with Crippen LogP contribution in [-0.4, -0.2) is 54.4 Å². The molecule has 5 rings (SSSR count). The van der Waals surface area contributed by atoms with E-state index in [9.17, 15) is 21.6 Å². The molecule has 1 saturated carbocycles. The van der Waals surface area contributed by atoms with E-state index in [1.165, 1.54) is 0 Å². The van der Waals surface area contributed by atoms with Crippen molar-refractivity contribution in [3.8, 4) is 11.4 Å². The van der Waals surface area contributed by atoms with Crippen LogP contribution in [0.4, 0.5) is 13.2 Å². The van der Waals surface area contributed by atoms with Crippen LogP contribution in [0.2, 0.25) is 0 Å². The molecule has 3 aliphatic rings. The molecule has 2 aliphatic heterocycles. The van der Waals surface area contributed by atoms with Crippen molar-refractivity contribution in [2.75, 3.05) is 25.4 Å². The van der Waals surface area contributed by atoms with Gasteiger partial charge in [-0.05, 0) is 49.4 Å². The molecule has 2 aromatic rings. The minimum Gasteiger partial charge on any atom is -0.493 e. The third kappa shape index (κ3) is 3.98. The molecule has 2 fully saturated rings. The Kier molecular flexibility index (Phi) is 4.99. The summed E-state index contributed by atoms with van der Waals surface area (Å²) in [5.74, 6) is 1.74. The summed E-state index contributed by atoms with van der Waals surface area (Å²) in [6.45, 7) is 1.63. The fourth-order valence-corrected chi connectivity index (χ4v) is 6.17. The average Bonchev–Trinajstić information content (AvgIpc) is 3.24. The quantitative estimate of drug-likeness (QED) is 0.687. The Morgan fingerprint density at radius 2 is 2.00 bits per heavy atom. The van der Waals surface area contributed by atoms with Crippen LogP contribution >= 0.6 is 0 Å². The molecule has 0 radical (unpaired) electrons. The molecule has 2 unspecified atom stereocenters. The third-order valence-corrected chi connectivity index (χ3v) is 7.72. The first-order valence-electron chi connectivity index (χ1n) is 10.6. The highest BCUT2D eigenvalue weighted by atomic mass is 32.2. The van der Waals surface area contributed by atoms with Gasteiger partial charge in [-0.3, -0.25) is 0 Å². The van der Waals surface area contributed by atoms with Gasteiger partial charge in [-0.1, -0.05) is 6.42 Å². The Balaban J connectivity index is 1.34. The standard InChI is InChI=1S/C21H23F3N4O3S/c22-21(23,24)16-11-25-28(13-16)17-3-5-18(6-4-17)31-14-20-7-1-2-15(10-20)12-27-8-9-32(29,30)26-19(20)27/h3-6,11,13,15H,1-2,7-10,12,14H2. The van der Waals surface area contributed by atoms with Gasteiger partial charge in [0.2, 0.25) is 0 Å². The first kappa shape index (κ1) is 21.3. The van der Waals surface area contributed by atoms with Gasteiger partial charge >= 0.3 is 6.18 Å². The first-order chi connectivity index (χ1) is 15.1. The average molecular weight is 469 g/mol. The maximum absolute atomic E-state index is 12.8. The van der Waals surface area contributed by atoms with Crippen LogP contribution in [0, 0.1) is 11.3 Å². The summed E-state index contributed by atoms with van der Waals surface area (Å²) in [7, 11) is -3.45. The number of sulfonamides is 1. The van der Waals surface area contributed by atoms with Gasteiger partial charge in [-0.25, -0.2) is 13.1 Å². The molecule has 2 bridgehead atoms. The van der Waals surface area contributed by atoms with E-state index in [-0.39, 0.29) is 5.75 Å². The predicted octanol–water partition coefficient (Wildman–Crippen LogP) is 3.50. The highest BCUT2D eigenvalue weighted by Crippen LogP contribution is 2.46.